The van der Waals surface area contributed by atoms with Gasteiger partial charge in [-0.1, -0.05) is 24.1 Å². The molecule has 19 heavy (non-hydrogen) atoms. The van der Waals surface area contributed by atoms with Gasteiger partial charge in [-0.15, -0.1) is 12.4 Å². The van der Waals surface area contributed by atoms with Gasteiger partial charge >= 0.3 is 0 Å². The largest absolute Gasteiger partial charge is 0.327 e. The van der Waals surface area contributed by atoms with Gasteiger partial charge < -0.3 is 5.73 Å². The van der Waals surface area contributed by atoms with E-state index >= 15 is 0 Å². The third-order valence-corrected chi connectivity index (χ3v) is 3.95. The van der Waals surface area contributed by atoms with Gasteiger partial charge in [0.2, 0.25) is 0 Å². The summed E-state index contributed by atoms with van der Waals surface area (Å²) in [5.74, 6) is -0.344. The highest BCUT2D eigenvalue weighted by Gasteiger charge is 2.25. The van der Waals surface area contributed by atoms with Gasteiger partial charge in [0, 0.05) is 18.6 Å². The SMILES string of the molecule is CC(N)C1CCCCN1Cc1ccc(Cl)c(F)c1.Cl. The fourth-order valence-electron chi connectivity index (χ4n) is 2.68. The van der Waals surface area contributed by atoms with Crippen molar-refractivity contribution < 1.29 is 4.39 Å². The number of nitrogens with zero attached hydrogens (tertiary/aromatic N) is 1. The van der Waals surface area contributed by atoms with Gasteiger partial charge in [-0.05, 0) is 44.0 Å². The predicted octanol–water partition coefficient (Wildman–Crippen LogP) is 3.60. The van der Waals surface area contributed by atoms with E-state index in [0.29, 0.717) is 6.04 Å². The van der Waals surface area contributed by atoms with E-state index in [0.717, 1.165) is 25.1 Å². The van der Waals surface area contributed by atoms with Crippen LogP contribution in [0.1, 0.15) is 31.7 Å². The Kier molecular flexibility index (Phi) is 6.54. The number of hydrogen-bond acceptors (Lipinski definition) is 2. The zero-order chi connectivity index (χ0) is 13.1. The van der Waals surface area contributed by atoms with Crippen LogP contribution in [0.25, 0.3) is 0 Å². The third-order valence-electron chi connectivity index (χ3n) is 3.64. The maximum absolute atomic E-state index is 13.4. The summed E-state index contributed by atoms with van der Waals surface area (Å²) < 4.78 is 13.4. The number of halogens is 3. The maximum Gasteiger partial charge on any atom is 0.142 e. The molecule has 108 valence electrons. The number of likely N-dealkylation sites (tertiary alicyclic amines) is 1. The van der Waals surface area contributed by atoms with E-state index < -0.39 is 0 Å². The molecule has 2 unspecified atom stereocenters. The lowest BCUT2D eigenvalue weighted by atomic mass is 9.96. The van der Waals surface area contributed by atoms with Crippen LogP contribution in [-0.4, -0.2) is 23.5 Å². The van der Waals surface area contributed by atoms with Gasteiger partial charge in [-0.25, -0.2) is 4.39 Å². The standard InChI is InChI=1S/C14H20ClFN2.ClH/c1-10(17)14-4-2-3-7-18(14)9-11-5-6-12(15)13(16)8-11;/h5-6,8,10,14H,2-4,7,9,17H2,1H3;1H. The van der Waals surface area contributed by atoms with Crippen LogP contribution in [0, 0.1) is 5.82 Å². The molecule has 1 aliphatic rings. The molecule has 1 aromatic rings. The van der Waals surface area contributed by atoms with E-state index in [-0.39, 0.29) is 29.3 Å². The molecule has 0 spiro atoms. The molecule has 5 heteroatoms. The van der Waals surface area contributed by atoms with Crippen LogP contribution in [-0.2, 0) is 6.54 Å². The summed E-state index contributed by atoms with van der Waals surface area (Å²) in [6.07, 6.45) is 3.56. The van der Waals surface area contributed by atoms with E-state index in [2.05, 4.69) is 4.90 Å². The van der Waals surface area contributed by atoms with Gasteiger partial charge in [-0.2, -0.15) is 0 Å². The van der Waals surface area contributed by atoms with Crippen LogP contribution in [0.15, 0.2) is 18.2 Å². The first-order valence-electron chi connectivity index (χ1n) is 6.51. The number of nitrogens with two attached hydrogens (primary N) is 1. The molecule has 1 saturated heterocycles. The lowest BCUT2D eigenvalue weighted by molar-refractivity contribution is 0.123. The first-order valence-corrected chi connectivity index (χ1v) is 6.89. The molecule has 2 rings (SSSR count). The Morgan fingerprint density at radius 1 is 1.47 bits per heavy atom. The Labute approximate surface area is 125 Å². The summed E-state index contributed by atoms with van der Waals surface area (Å²) in [6.45, 7) is 3.84. The Hall–Kier alpha value is -0.350. The topological polar surface area (TPSA) is 29.3 Å². The molecule has 0 bridgehead atoms. The van der Waals surface area contributed by atoms with Crippen molar-refractivity contribution in [1.29, 1.82) is 0 Å². The minimum absolute atomic E-state index is 0. The molecule has 2 atom stereocenters. The Bertz CT molecular complexity index is 412. The predicted molar refractivity (Wildman–Crippen MR) is 80.4 cm³/mol. The second-order valence-electron chi connectivity index (χ2n) is 5.14. The molecule has 1 aliphatic heterocycles. The average molecular weight is 307 g/mol. The summed E-state index contributed by atoms with van der Waals surface area (Å²) in [4.78, 5) is 2.36. The molecule has 2 N–H and O–H groups in total. The number of rotatable bonds is 3. The molecular weight excluding hydrogens is 286 g/mol. The maximum atomic E-state index is 13.4. The fourth-order valence-corrected chi connectivity index (χ4v) is 2.80. The van der Waals surface area contributed by atoms with Gasteiger partial charge in [-0.3, -0.25) is 4.90 Å². The lowest BCUT2D eigenvalue weighted by Crippen LogP contribution is -2.48. The summed E-state index contributed by atoms with van der Waals surface area (Å²) in [5.41, 5.74) is 6.99. The van der Waals surface area contributed by atoms with Crippen LogP contribution in [0.2, 0.25) is 5.02 Å². The van der Waals surface area contributed by atoms with Gasteiger partial charge in [0.1, 0.15) is 5.82 Å². The normalized spacial score (nSPS) is 21.8. The highest BCUT2D eigenvalue weighted by Crippen LogP contribution is 2.23. The zero-order valence-corrected chi connectivity index (χ0v) is 12.7. The Morgan fingerprint density at radius 3 is 2.84 bits per heavy atom. The first kappa shape index (κ1) is 16.7. The molecule has 1 fully saturated rings. The quantitative estimate of drug-likeness (QED) is 0.924. The average Bonchev–Trinajstić information content (AvgIpc) is 2.34. The number of hydrogen-bond donors (Lipinski definition) is 1. The minimum atomic E-state index is -0.344. The summed E-state index contributed by atoms with van der Waals surface area (Å²) in [7, 11) is 0. The van der Waals surface area contributed by atoms with E-state index in [4.69, 9.17) is 17.3 Å². The lowest BCUT2D eigenvalue weighted by Gasteiger charge is -2.38. The number of piperidine rings is 1. The Balaban J connectivity index is 0.00000180. The molecule has 0 aromatic heterocycles. The highest BCUT2D eigenvalue weighted by atomic mass is 35.5. The molecule has 1 heterocycles. The first-order chi connectivity index (χ1) is 8.58. The third kappa shape index (κ3) is 4.32. The second-order valence-corrected chi connectivity index (χ2v) is 5.55. The molecule has 2 nitrogen and oxygen atoms in total. The van der Waals surface area contributed by atoms with Crippen LogP contribution in [0.4, 0.5) is 4.39 Å². The Morgan fingerprint density at radius 2 is 2.21 bits per heavy atom. The van der Waals surface area contributed by atoms with Crippen LogP contribution in [0.3, 0.4) is 0 Å². The van der Waals surface area contributed by atoms with Crippen molar-refractivity contribution in [3.8, 4) is 0 Å². The van der Waals surface area contributed by atoms with Crippen molar-refractivity contribution in [2.45, 2.75) is 44.8 Å². The van der Waals surface area contributed by atoms with Crippen LogP contribution < -0.4 is 5.73 Å². The van der Waals surface area contributed by atoms with Crippen molar-refractivity contribution in [3.05, 3.63) is 34.6 Å². The van der Waals surface area contributed by atoms with E-state index in [9.17, 15) is 4.39 Å². The van der Waals surface area contributed by atoms with Crippen molar-refractivity contribution in [2.24, 2.45) is 5.73 Å². The van der Waals surface area contributed by atoms with E-state index in [1.807, 2.05) is 13.0 Å². The molecule has 1 aromatic carbocycles. The number of benzene rings is 1. The molecule has 0 aliphatic carbocycles. The fraction of sp³-hybridized carbons (Fsp3) is 0.571. The molecular formula is C14H21Cl2FN2. The van der Waals surface area contributed by atoms with E-state index in [1.54, 1.807) is 6.07 Å². The summed E-state index contributed by atoms with van der Waals surface area (Å²) in [6, 6.07) is 5.59. The van der Waals surface area contributed by atoms with Crippen LogP contribution >= 0.6 is 24.0 Å². The van der Waals surface area contributed by atoms with Crippen molar-refractivity contribution >= 4 is 24.0 Å². The van der Waals surface area contributed by atoms with Crippen molar-refractivity contribution in [2.75, 3.05) is 6.54 Å². The van der Waals surface area contributed by atoms with Crippen molar-refractivity contribution in [1.82, 2.24) is 4.90 Å². The molecule has 0 amide bonds. The zero-order valence-electron chi connectivity index (χ0n) is 11.1. The van der Waals surface area contributed by atoms with Crippen LogP contribution in [0.5, 0.6) is 0 Å². The monoisotopic (exact) mass is 306 g/mol. The van der Waals surface area contributed by atoms with Gasteiger partial charge in [0.25, 0.3) is 0 Å². The highest BCUT2D eigenvalue weighted by molar-refractivity contribution is 6.30. The van der Waals surface area contributed by atoms with Crippen molar-refractivity contribution in [3.63, 3.8) is 0 Å². The smallest absolute Gasteiger partial charge is 0.142 e. The van der Waals surface area contributed by atoms with E-state index in [1.165, 1.54) is 18.9 Å². The summed E-state index contributed by atoms with van der Waals surface area (Å²) in [5, 5.41) is 0.182. The second kappa shape index (κ2) is 7.44. The minimum Gasteiger partial charge on any atom is -0.327 e. The van der Waals surface area contributed by atoms with Gasteiger partial charge in [0.15, 0.2) is 0 Å². The summed E-state index contributed by atoms with van der Waals surface area (Å²) >= 11 is 5.69. The molecule has 0 saturated carbocycles. The molecule has 0 radical (unpaired) electrons. The van der Waals surface area contributed by atoms with Gasteiger partial charge in [0.05, 0.1) is 5.02 Å².